The van der Waals surface area contributed by atoms with E-state index in [4.69, 9.17) is 15.2 Å². The molecule has 110 valence electrons. The van der Waals surface area contributed by atoms with Crippen molar-refractivity contribution in [2.24, 2.45) is 5.73 Å². The van der Waals surface area contributed by atoms with E-state index < -0.39 is 0 Å². The van der Waals surface area contributed by atoms with Gasteiger partial charge in [0.2, 0.25) is 0 Å². The number of nitrogens with two attached hydrogens (primary N) is 1. The number of rotatable bonds is 3. The average Bonchev–Trinajstić information content (AvgIpc) is 2.48. The number of fused-ring (bicyclic) bond motifs is 1. The first-order valence-electron chi connectivity index (χ1n) is 7.12. The minimum absolute atomic E-state index is 0.0213. The zero-order valence-corrected chi connectivity index (χ0v) is 13.5. The lowest BCUT2D eigenvalue weighted by atomic mass is 9.93. The molecular formula is C17H18BrNO2. The molecule has 0 aromatic heterocycles. The molecule has 2 atom stereocenters. The highest BCUT2D eigenvalue weighted by atomic mass is 79.9. The summed E-state index contributed by atoms with van der Waals surface area (Å²) in [6.45, 7) is 2.64. The first-order valence-corrected chi connectivity index (χ1v) is 7.91. The Morgan fingerprint density at radius 2 is 2.14 bits per heavy atom. The summed E-state index contributed by atoms with van der Waals surface area (Å²) in [6.07, 6.45) is 0.730. The third kappa shape index (κ3) is 3.06. The highest BCUT2D eigenvalue weighted by Crippen LogP contribution is 2.41. The molecule has 3 nitrogen and oxygen atoms in total. The van der Waals surface area contributed by atoms with Crippen LogP contribution in [0.15, 0.2) is 46.9 Å². The molecule has 3 rings (SSSR count). The summed E-state index contributed by atoms with van der Waals surface area (Å²) < 4.78 is 12.7. The summed E-state index contributed by atoms with van der Waals surface area (Å²) in [7, 11) is 0. The van der Waals surface area contributed by atoms with Crippen LogP contribution < -0.4 is 15.2 Å². The molecule has 0 amide bonds. The third-order valence-corrected chi connectivity index (χ3v) is 4.14. The Morgan fingerprint density at radius 3 is 2.95 bits per heavy atom. The second kappa shape index (κ2) is 6.08. The molecular weight excluding hydrogens is 330 g/mol. The lowest BCUT2D eigenvalue weighted by Gasteiger charge is -2.31. The Bertz CT molecular complexity index is 644. The molecule has 2 aromatic rings. The predicted octanol–water partition coefficient (Wildman–Crippen LogP) is 4.37. The van der Waals surface area contributed by atoms with Crippen LogP contribution in [0.5, 0.6) is 11.5 Å². The molecule has 2 unspecified atom stereocenters. The van der Waals surface area contributed by atoms with E-state index in [9.17, 15) is 0 Å². The Labute approximate surface area is 133 Å². The average molecular weight is 348 g/mol. The molecule has 0 spiro atoms. The standard InChI is InChI=1S/C17H18BrNO2/c1-2-20-13-5-3-4-11(8-13)17-10-15(19)14-9-12(18)6-7-16(14)21-17/h3-9,15,17H,2,10,19H2,1H3. The van der Waals surface area contributed by atoms with Crippen molar-refractivity contribution in [3.63, 3.8) is 0 Å². The minimum Gasteiger partial charge on any atom is -0.494 e. The van der Waals surface area contributed by atoms with Crippen LogP contribution in [-0.4, -0.2) is 6.61 Å². The molecule has 1 heterocycles. The van der Waals surface area contributed by atoms with Gasteiger partial charge in [0.15, 0.2) is 0 Å². The predicted molar refractivity (Wildman–Crippen MR) is 86.7 cm³/mol. The summed E-state index contributed by atoms with van der Waals surface area (Å²) in [5.74, 6) is 1.73. The highest BCUT2D eigenvalue weighted by molar-refractivity contribution is 9.10. The molecule has 0 radical (unpaired) electrons. The van der Waals surface area contributed by atoms with E-state index in [1.165, 1.54) is 0 Å². The Morgan fingerprint density at radius 1 is 1.29 bits per heavy atom. The van der Waals surface area contributed by atoms with Gasteiger partial charge in [0.25, 0.3) is 0 Å². The maximum atomic E-state index is 6.31. The molecule has 21 heavy (non-hydrogen) atoms. The van der Waals surface area contributed by atoms with Gasteiger partial charge in [-0.1, -0.05) is 28.1 Å². The van der Waals surface area contributed by atoms with Crippen molar-refractivity contribution in [3.8, 4) is 11.5 Å². The van der Waals surface area contributed by atoms with E-state index in [-0.39, 0.29) is 12.1 Å². The van der Waals surface area contributed by atoms with Gasteiger partial charge in [-0.15, -0.1) is 0 Å². The second-order valence-corrected chi connectivity index (χ2v) is 6.05. The van der Waals surface area contributed by atoms with Gasteiger partial charge < -0.3 is 15.2 Å². The van der Waals surface area contributed by atoms with Gasteiger partial charge in [-0.05, 0) is 42.8 Å². The maximum Gasteiger partial charge on any atom is 0.126 e. The van der Waals surface area contributed by atoms with Crippen LogP contribution in [0.1, 0.15) is 36.6 Å². The topological polar surface area (TPSA) is 44.5 Å². The van der Waals surface area contributed by atoms with Gasteiger partial charge in [0.05, 0.1) is 6.61 Å². The summed E-state index contributed by atoms with van der Waals surface area (Å²) >= 11 is 3.48. The minimum atomic E-state index is -0.0333. The maximum absolute atomic E-state index is 6.31. The lowest BCUT2D eigenvalue weighted by Crippen LogP contribution is -2.24. The molecule has 0 fully saturated rings. The molecule has 4 heteroatoms. The summed E-state index contributed by atoms with van der Waals surface area (Å²) in [5, 5.41) is 0. The molecule has 0 aliphatic carbocycles. The van der Waals surface area contributed by atoms with E-state index in [1.807, 2.05) is 43.3 Å². The molecule has 0 saturated heterocycles. The molecule has 1 aliphatic heterocycles. The van der Waals surface area contributed by atoms with Crippen LogP contribution in [0.25, 0.3) is 0 Å². The summed E-state index contributed by atoms with van der Waals surface area (Å²) in [6, 6.07) is 14.0. The van der Waals surface area contributed by atoms with Gasteiger partial charge in [-0.3, -0.25) is 0 Å². The van der Waals surface area contributed by atoms with Gasteiger partial charge in [0, 0.05) is 22.5 Å². The van der Waals surface area contributed by atoms with E-state index >= 15 is 0 Å². The number of ether oxygens (including phenoxy) is 2. The van der Waals surface area contributed by atoms with Gasteiger partial charge in [-0.2, -0.15) is 0 Å². The van der Waals surface area contributed by atoms with Crippen molar-refractivity contribution >= 4 is 15.9 Å². The van der Waals surface area contributed by atoms with E-state index in [0.29, 0.717) is 6.61 Å². The molecule has 2 aromatic carbocycles. The summed E-state index contributed by atoms with van der Waals surface area (Å²) in [5.41, 5.74) is 8.47. The first-order chi connectivity index (χ1) is 10.2. The Hall–Kier alpha value is -1.52. The lowest BCUT2D eigenvalue weighted by molar-refractivity contribution is 0.161. The third-order valence-electron chi connectivity index (χ3n) is 3.65. The van der Waals surface area contributed by atoms with Gasteiger partial charge >= 0.3 is 0 Å². The second-order valence-electron chi connectivity index (χ2n) is 5.14. The van der Waals surface area contributed by atoms with Gasteiger partial charge in [-0.25, -0.2) is 0 Å². The van der Waals surface area contributed by atoms with Crippen molar-refractivity contribution < 1.29 is 9.47 Å². The Balaban J connectivity index is 1.88. The van der Waals surface area contributed by atoms with Crippen LogP contribution in [0.3, 0.4) is 0 Å². The van der Waals surface area contributed by atoms with Gasteiger partial charge in [0.1, 0.15) is 17.6 Å². The fourth-order valence-electron chi connectivity index (χ4n) is 2.65. The fraction of sp³-hybridized carbons (Fsp3) is 0.294. The smallest absolute Gasteiger partial charge is 0.126 e. The SMILES string of the molecule is CCOc1cccc(C2CC(N)c3cc(Br)ccc3O2)c1. The zero-order valence-electron chi connectivity index (χ0n) is 11.9. The van der Waals surface area contributed by atoms with E-state index in [2.05, 4.69) is 22.0 Å². The number of hydrogen-bond acceptors (Lipinski definition) is 3. The van der Waals surface area contributed by atoms with Crippen LogP contribution in [-0.2, 0) is 0 Å². The monoisotopic (exact) mass is 347 g/mol. The quantitative estimate of drug-likeness (QED) is 0.896. The number of hydrogen-bond donors (Lipinski definition) is 1. The molecule has 1 aliphatic rings. The normalized spacial score (nSPS) is 20.5. The first kappa shape index (κ1) is 14.4. The largest absolute Gasteiger partial charge is 0.494 e. The van der Waals surface area contributed by atoms with Crippen molar-refractivity contribution in [2.75, 3.05) is 6.61 Å². The molecule has 0 saturated carbocycles. The van der Waals surface area contributed by atoms with Crippen LogP contribution in [0.2, 0.25) is 0 Å². The van der Waals surface area contributed by atoms with Crippen molar-refractivity contribution in [2.45, 2.75) is 25.5 Å². The zero-order chi connectivity index (χ0) is 14.8. The number of halogens is 1. The fourth-order valence-corrected chi connectivity index (χ4v) is 3.03. The molecule has 0 bridgehead atoms. The van der Waals surface area contributed by atoms with Crippen molar-refractivity contribution in [1.29, 1.82) is 0 Å². The number of benzene rings is 2. The van der Waals surface area contributed by atoms with Crippen LogP contribution in [0.4, 0.5) is 0 Å². The van der Waals surface area contributed by atoms with E-state index in [0.717, 1.165) is 33.5 Å². The highest BCUT2D eigenvalue weighted by Gasteiger charge is 2.27. The van der Waals surface area contributed by atoms with Crippen molar-refractivity contribution in [1.82, 2.24) is 0 Å². The van der Waals surface area contributed by atoms with Crippen molar-refractivity contribution in [3.05, 3.63) is 58.1 Å². The van der Waals surface area contributed by atoms with Crippen LogP contribution >= 0.6 is 15.9 Å². The summed E-state index contributed by atoms with van der Waals surface area (Å²) in [4.78, 5) is 0. The molecule has 2 N–H and O–H groups in total. The van der Waals surface area contributed by atoms with Crippen LogP contribution in [0, 0.1) is 0 Å². The Kier molecular flexibility index (Phi) is 4.17. The van der Waals surface area contributed by atoms with E-state index in [1.54, 1.807) is 0 Å².